The number of anilines is 2. The second-order valence-corrected chi connectivity index (χ2v) is 9.99. The Bertz CT molecular complexity index is 1300. The summed E-state index contributed by atoms with van der Waals surface area (Å²) in [7, 11) is -3.08. The molecule has 35 heavy (non-hydrogen) atoms. The van der Waals surface area contributed by atoms with Crippen LogP contribution >= 0.6 is 11.3 Å². The van der Waals surface area contributed by atoms with E-state index in [0.29, 0.717) is 18.8 Å². The van der Waals surface area contributed by atoms with Gasteiger partial charge in [0.05, 0.1) is 5.51 Å². The molecule has 0 saturated carbocycles. The van der Waals surface area contributed by atoms with Gasteiger partial charge in [-0.1, -0.05) is 10.5 Å². The summed E-state index contributed by atoms with van der Waals surface area (Å²) in [5.41, 5.74) is 1.25. The highest BCUT2D eigenvalue weighted by atomic mass is 32.2. The Labute approximate surface area is 202 Å². The summed E-state index contributed by atoms with van der Waals surface area (Å²) >= 11 is 0.977. The standard InChI is InChI=1S/C21H19F3N4O5S2/c1-27-8-14(9-27)33-19-4-2-3-16(22)15(19)7-25-13-5-17(23)21(18(24)6-13)35(30,31)28(32-12-29)20-10-34-11-26-20/h2-6,10-12,14,25H,7-9H2,1H3. The lowest BCUT2D eigenvalue weighted by Crippen LogP contribution is -2.51. The summed E-state index contributed by atoms with van der Waals surface area (Å²) in [4.78, 5) is 19.6. The molecule has 0 bridgehead atoms. The van der Waals surface area contributed by atoms with Crippen molar-refractivity contribution >= 4 is 39.3 Å². The molecule has 0 radical (unpaired) electrons. The van der Waals surface area contributed by atoms with E-state index in [2.05, 4.69) is 15.1 Å². The molecule has 186 valence electrons. The average molecular weight is 529 g/mol. The van der Waals surface area contributed by atoms with Gasteiger partial charge in [0.15, 0.2) is 10.7 Å². The van der Waals surface area contributed by atoms with Crippen molar-refractivity contribution in [3.63, 3.8) is 0 Å². The molecule has 14 heteroatoms. The van der Waals surface area contributed by atoms with Gasteiger partial charge in [0.1, 0.15) is 29.3 Å². The van der Waals surface area contributed by atoms with Gasteiger partial charge in [-0.2, -0.15) is 8.42 Å². The number of nitrogens with zero attached hydrogens (tertiary/aromatic N) is 3. The number of ether oxygens (including phenoxy) is 1. The summed E-state index contributed by atoms with van der Waals surface area (Å²) < 4.78 is 75.7. The van der Waals surface area contributed by atoms with Gasteiger partial charge < -0.3 is 14.9 Å². The Morgan fingerprint density at radius 1 is 1.23 bits per heavy atom. The van der Waals surface area contributed by atoms with E-state index in [4.69, 9.17) is 4.74 Å². The molecule has 4 rings (SSSR count). The zero-order valence-electron chi connectivity index (χ0n) is 18.2. The molecule has 1 aliphatic rings. The lowest BCUT2D eigenvalue weighted by molar-refractivity contribution is -0.128. The maximum absolute atomic E-state index is 14.8. The van der Waals surface area contributed by atoms with Gasteiger partial charge in [-0.3, -0.25) is 9.69 Å². The Kier molecular flexibility index (Phi) is 7.14. The lowest BCUT2D eigenvalue weighted by Gasteiger charge is -2.36. The van der Waals surface area contributed by atoms with Gasteiger partial charge in [-0.05, 0) is 31.3 Å². The molecular formula is C21H19F3N4O5S2. The van der Waals surface area contributed by atoms with E-state index in [9.17, 15) is 26.4 Å². The van der Waals surface area contributed by atoms with Crippen molar-refractivity contribution in [1.82, 2.24) is 9.88 Å². The molecule has 2 aromatic carbocycles. The molecule has 1 N–H and O–H groups in total. The molecule has 1 fully saturated rings. The highest BCUT2D eigenvalue weighted by molar-refractivity contribution is 7.92. The van der Waals surface area contributed by atoms with Gasteiger partial charge in [0.2, 0.25) is 0 Å². The Morgan fingerprint density at radius 2 is 1.94 bits per heavy atom. The van der Waals surface area contributed by atoms with Crippen molar-refractivity contribution in [1.29, 1.82) is 0 Å². The number of sulfonamides is 1. The third kappa shape index (κ3) is 5.18. The van der Waals surface area contributed by atoms with E-state index in [0.717, 1.165) is 23.5 Å². The lowest BCUT2D eigenvalue weighted by atomic mass is 10.1. The van der Waals surface area contributed by atoms with Gasteiger partial charge in [0.25, 0.3) is 0 Å². The number of carbonyl (C=O) groups is 1. The van der Waals surface area contributed by atoms with Crippen molar-refractivity contribution in [3.8, 4) is 5.75 Å². The highest BCUT2D eigenvalue weighted by Crippen LogP contribution is 2.31. The topological polar surface area (TPSA) is 101 Å². The third-order valence-electron chi connectivity index (χ3n) is 5.09. The number of hydrogen-bond donors (Lipinski definition) is 1. The Morgan fingerprint density at radius 3 is 2.54 bits per heavy atom. The molecule has 0 spiro atoms. The number of likely N-dealkylation sites (N-methyl/N-ethyl adjacent to an activating group) is 1. The molecule has 0 amide bonds. The Balaban J connectivity index is 1.57. The quantitative estimate of drug-likeness (QED) is 0.317. The fraction of sp³-hybridized carbons (Fsp3) is 0.238. The van der Waals surface area contributed by atoms with E-state index in [1.54, 1.807) is 6.07 Å². The van der Waals surface area contributed by atoms with Gasteiger partial charge in [-0.15, -0.1) is 11.3 Å². The normalized spacial score (nSPS) is 14.3. The van der Waals surface area contributed by atoms with Crippen molar-refractivity contribution < 1.29 is 36.0 Å². The maximum atomic E-state index is 14.8. The van der Waals surface area contributed by atoms with Crippen LogP contribution in [-0.4, -0.2) is 51.0 Å². The number of benzene rings is 2. The molecule has 0 aliphatic carbocycles. The molecule has 0 unspecified atom stereocenters. The summed E-state index contributed by atoms with van der Waals surface area (Å²) in [5.74, 6) is -3.55. The van der Waals surface area contributed by atoms with Crippen molar-refractivity contribution in [2.75, 3.05) is 29.9 Å². The van der Waals surface area contributed by atoms with Crippen LogP contribution in [-0.2, 0) is 26.2 Å². The highest BCUT2D eigenvalue weighted by Gasteiger charge is 2.35. The van der Waals surface area contributed by atoms with Crippen LogP contribution in [0.15, 0.2) is 46.1 Å². The molecule has 3 aromatic rings. The number of hydrogen-bond acceptors (Lipinski definition) is 9. The van der Waals surface area contributed by atoms with E-state index >= 15 is 0 Å². The molecular weight excluding hydrogens is 509 g/mol. The molecule has 1 aromatic heterocycles. The van der Waals surface area contributed by atoms with Crippen molar-refractivity contribution in [2.24, 2.45) is 0 Å². The van der Waals surface area contributed by atoms with E-state index in [-0.39, 0.29) is 40.7 Å². The number of thiazole rings is 1. The average Bonchev–Trinajstić information content (AvgIpc) is 3.29. The van der Waals surface area contributed by atoms with Gasteiger partial charge in [-0.25, -0.2) is 18.2 Å². The number of halogens is 3. The number of rotatable bonds is 10. The van der Waals surface area contributed by atoms with Gasteiger partial charge in [0, 0.05) is 36.3 Å². The first-order chi connectivity index (χ1) is 16.7. The van der Waals surface area contributed by atoms with E-state index < -0.39 is 32.4 Å². The third-order valence-corrected chi connectivity index (χ3v) is 7.28. The second kappa shape index (κ2) is 10.1. The van der Waals surface area contributed by atoms with Crippen molar-refractivity contribution in [3.05, 3.63) is 64.2 Å². The summed E-state index contributed by atoms with van der Waals surface area (Å²) in [5, 5.41) is 3.90. The van der Waals surface area contributed by atoms with Crippen LogP contribution in [0.5, 0.6) is 5.75 Å². The largest absolute Gasteiger partial charge is 0.487 e. The minimum absolute atomic E-state index is 0.0198. The van der Waals surface area contributed by atoms with Crippen LogP contribution in [0.4, 0.5) is 24.7 Å². The summed E-state index contributed by atoms with van der Waals surface area (Å²) in [6.07, 6.45) is -0.103. The predicted octanol–water partition coefficient (Wildman–Crippen LogP) is 3.15. The zero-order chi connectivity index (χ0) is 25.2. The second-order valence-electron chi connectivity index (χ2n) is 7.58. The van der Waals surface area contributed by atoms with Crippen LogP contribution in [0.3, 0.4) is 0 Å². The first kappa shape index (κ1) is 24.8. The van der Waals surface area contributed by atoms with Crippen LogP contribution in [0.1, 0.15) is 5.56 Å². The monoisotopic (exact) mass is 528 g/mol. The fourth-order valence-electron chi connectivity index (χ4n) is 3.47. The van der Waals surface area contributed by atoms with Crippen LogP contribution in [0, 0.1) is 17.5 Å². The van der Waals surface area contributed by atoms with Gasteiger partial charge >= 0.3 is 16.5 Å². The molecule has 2 heterocycles. The van der Waals surface area contributed by atoms with Crippen LogP contribution in [0.25, 0.3) is 0 Å². The van der Waals surface area contributed by atoms with E-state index in [1.807, 2.05) is 11.9 Å². The minimum atomic E-state index is -5.00. The number of aromatic nitrogens is 1. The SMILES string of the molecule is CN1CC(Oc2cccc(F)c2CNc2cc(F)c(S(=O)(=O)N(OC=O)c3cscn3)c(F)c2)C1. The molecule has 0 atom stereocenters. The van der Waals surface area contributed by atoms with Crippen LogP contribution < -0.4 is 14.5 Å². The predicted molar refractivity (Wildman–Crippen MR) is 121 cm³/mol. The number of likely N-dealkylation sites (tertiary alicyclic amines) is 1. The van der Waals surface area contributed by atoms with Crippen molar-refractivity contribution in [2.45, 2.75) is 17.5 Å². The van der Waals surface area contributed by atoms with E-state index in [1.165, 1.54) is 23.0 Å². The first-order valence-corrected chi connectivity index (χ1v) is 12.5. The Hall–Kier alpha value is -3.36. The zero-order valence-corrected chi connectivity index (χ0v) is 19.8. The summed E-state index contributed by atoms with van der Waals surface area (Å²) in [6, 6.07) is 5.78. The minimum Gasteiger partial charge on any atom is -0.487 e. The molecule has 1 saturated heterocycles. The smallest absolute Gasteiger partial charge is 0.322 e. The first-order valence-electron chi connectivity index (χ1n) is 10.1. The summed E-state index contributed by atoms with van der Waals surface area (Å²) in [6.45, 7) is 0.968. The molecule has 9 nitrogen and oxygen atoms in total. The maximum Gasteiger partial charge on any atom is 0.322 e. The van der Waals surface area contributed by atoms with Crippen LogP contribution in [0.2, 0.25) is 0 Å². The molecule has 1 aliphatic heterocycles. The number of carbonyl (C=O) groups excluding carboxylic acids is 1. The number of nitrogens with one attached hydrogen (secondary N) is 1. The fourth-order valence-corrected chi connectivity index (χ4v) is 5.31.